The molecule has 2 N–H and O–H groups in total. The molecule has 1 aromatic carbocycles. The van der Waals surface area contributed by atoms with Crippen LogP contribution in [0.2, 0.25) is 0 Å². The number of benzene rings is 1. The zero-order chi connectivity index (χ0) is 26.8. The van der Waals surface area contributed by atoms with E-state index in [9.17, 15) is 4.79 Å². The Morgan fingerprint density at radius 3 is 2.43 bits per heavy atom. The van der Waals surface area contributed by atoms with Gasteiger partial charge in [-0.2, -0.15) is 0 Å². The van der Waals surface area contributed by atoms with Crippen molar-refractivity contribution in [2.45, 2.75) is 26.7 Å². The SMILES string of the molecule is C=CC(=O)NC1=CCCC(C(=C)c2nc(Nc3ccc(N4CCN(C)CC4)cc3)ncc2C=C)=C1.CC. The van der Waals surface area contributed by atoms with Gasteiger partial charge in [-0.3, -0.25) is 4.79 Å². The van der Waals surface area contributed by atoms with Gasteiger partial charge in [0.15, 0.2) is 0 Å². The number of amides is 1. The van der Waals surface area contributed by atoms with Crippen molar-refractivity contribution < 1.29 is 4.79 Å². The van der Waals surface area contributed by atoms with Crippen LogP contribution >= 0.6 is 0 Å². The van der Waals surface area contributed by atoms with Crippen molar-refractivity contribution in [1.82, 2.24) is 20.2 Å². The minimum absolute atomic E-state index is 0.238. The number of piperazine rings is 1. The molecule has 2 heterocycles. The maximum atomic E-state index is 11.7. The lowest BCUT2D eigenvalue weighted by Crippen LogP contribution is -2.44. The van der Waals surface area contributed by atoms with Crippen LogP contribution in [-0.2, 0) is 4.79 Å². The van der Waals surface area contributed by atoms with Gasteiger partial charge >= 0.3 is 0 Å². The van der Waals surface area contributed by atoms with Crippen molar-refractivity contribution in [2.75, 3.05) is 43.4 Å². The van der Waals surface area contributed by atoms with Gasteiger partial charge < -0.3 is 20.4 Å². The number of nitrogens with one attached hydrogen (secondary N) is 2. The summed E-state index contributed by atoms with van der Waals surface area (Å²) in [7, 11) is 2.16. The third-order valence-corrected chi connectivity index (χ3v) is 6.26. The van der Waals surface area contributed by atoms with Crippen LogP contribution in [0.5, 0.6) is 0 Å². The molecule has 0 radical (unpaired) electrons. The fraction of sp³-hybridized carbons (Fsp3) is 0.300. The number of rotatable bonds is 8. The molecule has 0 spiro atoms. The molecule has 1 amide bonds. The van der Waals surface area contributed by atoms with Crippen LogP contribution in [0.1, 0.15) is 37.9 Å². The van der Waals surface area contributed by atoms with Gasteiger partial charge in [-0.25, -0.2) is 9.97 Å². The summed E-state index contributed by atoms with van der Waals surface area (Å²) in [6, 6.07) is 8.36. The Balaban J connectivity index is 0.00000186. The minimum Gasteiger partial charge on any atom is -0.369 e. The summed E-state index contributed by atoms with van der Waals surface area (Å²) in [5.41, 5.74) is 6.19. The van der Waals surface area contributed by atoms with Gasteiger partial charge in [-0.1, -0.05) is 45.7 Å². The number of anilines is 3. The summed E-state index contributed by atoms with van der Waals surface area (Å²) < 4.78 is 0. The summed E-state index contributed by atoms with van der Waals surface area (Å²) >= 11 is 0. The molecule has 0 atom stereocenters. The molecule has 37 heavy (non-hydrogen) atoms. The molecule has 0 bridgehead atoms. The van der Waals surface area contributed by atoms with E-state index in [0.717, 1.165) is 67.1 Å². The Bertz CT molecular complexity index is 1190. The standard InChI is InChI=1S/C28H32N6O.C2H6/c1-5-21-19-29-28(31-23-10-12-25(13-11-23)34-16-14-33(4)15-17-34)32-27(21)20(3)22-8-7-9-24(18-22)30-26(35)6-2;1-2/h5-6,9-13,18-19H,1-3,7-8,14-17H2,4H3,(H,30,35)(H,29,31,32);1-2H3. The highest BCUT2D eigenvalue weighted by Gasteiger charge is 2.17. The van der Waals surface area contributed by atoms with Crippen LogP contribution in [0.4, 0.5) is 17.3 Å². The number of allylic oxidation sites excluding steroid dienone is 4. The maximum Gasteiger partial charge on any atom is 0.247 e. The van der Waals surface area contributed by atoms with E-state index in [4.69, 9.17) is 4.98 Å². The lowest BCUT2D eigenvalue weighted by Gasteiger charge is -2.34. The Kier molecular flexibility index (Phi) is 9.98. The number of aromatic nitrogens is 2. The molecule has 1 saturated heterocycles. The number of carbonyl (C=O) groups is 1. The average Bonchev–Trinajstić information content (AvgIpc) is 2.94. The zero-order valence-electron chi connectivity index (χ0n) is 22.3. The molecular weight excluding hydrogens is 460 g/mol. The van der Waals surface area contributed by atoms with E-state index in [2.05, 4.69) is 76.5 Å². The van der Waals surface area contributed by atoms with Crippen molar-refractivity contribution in [3.8, 4) is 0 Å². The fourth-order valence-electron chi connectivity index (χ4n) is 4.16. The number of carbonyl (C=O) groups excluding carboxylic acids is 1. The third-order valence-electron chi connectivity index (χ3n) is 6.26. The quantitative estimate of drug-likeness (QED) is 0.464. The largest absolute Gasteiger partial charge is 0.369 e. The van der Waals surface area contributed by atoms with E-state index < -0.39 is 0 Å². The third kappa shape index (κ3) is 7.27. The van der Waals surface area contributed by atoms with Crippen LogP contribution in [0, 0.1) is 0 Å². The number of nitrogens with zero attached hydrogens (tertiary/aromatic N) is 4. The Labute approximate surface area is 221 Å². The summed E-state index contributed by atoms with van der Waals surface area (Å²) in [4.78, 5) is 25.7. The van der Waals surface area contributed by atoms with Gasteiger partial charge in [0.2, 0.25) is 11.9 Å². The van der Waals surface area contributed by atoms with Crippen molar-refractivity contribution in [2.24, 2.45) is 0 Å². The summed E-state index contributed by atoms with van der Waals surface area (Å²) in [5, 5.41) is 6.13. The molecule has 1 aliphatic heterocycles. The Morgan fingerprint density at radius 2 is 1.78 bits per heavy atom. The average molecular weight is 499 g/mol. The molecule has 7 nitrogen and oxygen atoms in total. The Morgan fingerprint density at radius 1 is 1.08 bits per heavy atom. The molecule has 0 unspecified atom stereocenters. The highest BCUT2D eigenvalue weighted by molar-refractivity contribution is 5.89. The van der Waals surface area contributed by atoms with Crippen LogP contribution < -0.4 is 15.5 Å². The normalized spacial score (nSPS) is 15.4. The molecule has 194 valence electrons. The molecule has 1 aromatic heterocycles. The monoisotopic (exact) mass is 498 g/mol. The lowest BCUT2D eigenvalue weighted by atomic mass is 9.93. The van der Waals surface area contributed by atoms with E-state index in [1.165, 1.54) is 11.8 Å². The molecule has 0 saturated carbocycles. The number of hydrogen-bond donors (Lipinski definition) is 2. The molecule has 1 fully saturated rings. The highest BCUT2D eigenvalue weighted by Crippen LogP contribution is 2.31. The summed E-state index contributed by atoms with van der Waals surface area (Å²) in [6.07, 6.45) is 10.3. The highest BCUT2D eigenvalue weighted by atomic mass is 16.1. The second-order valence-electron chi connectivity index (χ2n) is 8.70. The first kappa shape index (κ1) is 27.6. The van der Waals surface area contributed by atoms with Crippen molar-refractivity contribution in [3.63, 3.8) is 0 Å². The first-order valence-corrected chi connectivity index (χ1v) is 12.8. The van der Waals surface area contributed by atoms with E-state index in [0.29, 0.717) is 11.6 Å². The van der Waals surface area contributed by atoms with Crippen molar-refractivity contribution >= 4 is 34.9 Å². The molecule has 4 rings (SSSR count). The topological polar surface area (TPSA) is 73.4 Å². The predicted octanol–water partition coefficient (Wildman–Crippen LogP) is 5.56. The lowest BCUT2D eigenvalue weighted by molar-refractivity contribution is -0.115. The smallest absolute Gasteiger partial charge is 0.247 e. The van der Waals surface area contributed by atoms with Gasteiger partial charge in [0, 0.05) is 55.0 Å². The molecule has 7 heteroatoms. The van der Waals surface area contributed by atoms with E-state index >= 15 is 0 Å². The first-order valence-electron chi connectivity index (χ1n) is 12.8. The number of likely N-dealkylation sites (N-methyl/N-ethyl adjacent to an activating group) is 1. The van der Waals surface area contributed by atoms with Gasteiger partial charge in [-0.15, -0.1) is 0 Å². The molecule has 1 aliphatic carbocycles. The predicted molar refractivity (Wildman–Crippen MR) is 156 cm³/mol. The van der Waals surface area contributed by atoms with Crippen LogP contribution in [0.25, 0.3) is 11.6 Å². The Hall–Kier alpha value is -3.97. The van der Waals surface area contributed by atoms with Gasteiger partial charge in [0.05, 0.1) is 5.69 Å². The maximum absolute atomic E-state index is 11.7. The minimum atomic E-state index is -0.238. The second-order valence-corrected chi connectivity index (χ2v) is 8.70. The number of hydrogen-bond acceptors (Lipinski definition) is 6. The van der Waals surface area contributed by atoms with Gasteiger partial charge in [0.25, 0.3) is 0 Å². The van der Waals surface area contributed by atoms with Crippen LogP contribution in [0.3, 0.4) is 0 Å². The summed E-state index contributed by atoms with van der Waals surface area (Å²) in [6.45, 7) is 19.9. The molecule has 2 aromatic rings. The first-order chi connectivity index (χ1) is 18.0. The van der Waals surface area contributed by atoms with Crippen molar-refractivity contribution in [1.29, 1.82) is 0 Å². The van der Waals surface area contributed by atoms with Crippen molar-refractivity contribution in [3.05, 3.63) is 91.0 Å². The van der Waals surface area contributed by atoms with Crippen LogP contribution in [-0.4, -0.2) is 54.0 Å². The summed E-state index contributed by atoms with van der Waals surface area (Å²) in [5.74, 6) is 0.254. The van der Waals surface area contributed by atoms with E-state index in [1.807, 2.05) is 26.0 Å². The van der Waals surface area contributed by atoms with E-state index in [1.54, 1.807) is 12.3 Å². The zero-order valence-corrected chi connectivity index (χ0v) is 22.3. The van der Waals surface area contributed by atoms with Crippen LogP contribution in [0.15, 0.2) is 79.7 Å². The van der Waals surface area contributed by atoms with Gasteiger partial charge in [0.1, 0.15) is 0 Å². The second kappa shape index (κ2) is 13.4. The van der Waals surface area contributed by atoms with Gasteiger partial charge in [-0.05, 0) is 67.5 Å². The molecule has 2 aliphatic rings. The fourth-order valence-corrected chi connectivity index (χ4v) is 4.16. The molecular formula is C30H38N6O. The van der Waals surface area contributed by atoms with E-state index in [-0.39, 0.29) is 5.91 Å².